The van der Waals surface area contributed by atoms with Gasteiger partial charge in [0.05, 0.1) is 7.59 Å². The Balaban J connectivity index is 4.45. The number of halogens is 1. The molecular weight excluding hydrogens is 188 g/mol. The Bertz CT molecular complexity index is 127. The summed E-state index contributed by atoms with van der Waals surface area (Å²) in [6.45, 7) is 12.8. The van der Waals surface area contributed by atoms with E-state index >= 15 is 0 Å². The molecule has 0 aliphatic carbocycles. The maximum absolute atomic E-state index is 6.50. The summed E-state index contributed by atoms with van der Waals surface area (Å²) >= 11 is 6.50. The molecule has 0 aromatic heterocycles. The van der Waals surface area contributed by atoms with Crippen LogP contribution in [0.15, 0.2) is 0 Å². The van der Waals surface area contributed by atoms with Gasteiger partial charge in [0.15, 0.2) is 0 Å². The van der Waals surface area contributed by atoms with E-state index in [2.05, 4.69) is 40.0 Å². The number of hydrogen-bond donors (Lipinski definition) is 0. The van der Waals surface area contributed by atoms with Crippen molar-refractivity contribution in [1.82, 2.24) is 0 Å². The van der Waals surface area contributed by atoms with E-state index in [1.807, 2.05) is 0 Å². The van der Waals surface area contributed by atoms with Crippen LogP contribution >= 0.6 is 11.1 Å². The van der Waals surface area contributed by atoms with Crippen molar-refractivity contribution in [3.05, 3.63) is 0 Å². The zero-order chi connectivity index (χ0) is 9.28. The zero-order valence-corrected chi connectivity index (χ0v) is 11.4. The molecule has 0 aromatic carbocycles. The second-order valence-electron chi connectivity index (χ2n) is 4.50. The Morgan fingerprint density at radius 2 is 1.55 bits per heavy atom. The summed E-state index contributed by atoms with van der Waals surface area (Å²) < 4.78 is 0. The fourth-order valence-electron chi connectivity index (χ4n) is 1.10. The van der Waals surface area contributed by atoms with Crippen molar-refractivity contribution in [3.8, 4) is 0 Å². The largest absolute Gasteiger partial charge is 0.171 e. The molecule has 0 aliphatic heterocycles. The first-order valence-electron chi connectivity index (χ1n) is 4.42. The van der Waals surface area contributed by atoms with Crippen molar-refractivity contribution < 1.29 is 0 Å². The Kier molecular flexibility index (Phi) is 3.86. The molecule has 68 valence electrons. The van der Waals surface area contributed by atoms with Gasteiger partial charge in [-0.2, -0.15) is 11.1 Å². The fourth-order valence-corrected chi connectivity index (χ4v) is 9.09. The van der Waals surface area contributed by atoms with Gasteiger partial charge in [0, 0.05) is 0 Å². The normalized spacial score (nSPS) is 16.6. The molecule has 0 aliphatic rings. The third-order valence-electron chi connectivity index (χ3n) is 3.38. The van der Waals surface area contributed by atoms with E-state index in [0.717, 1.165) is 5.54 Å². The first-order valence-corrected chi connectivity index (χ1v) is 12.5. The maximum atomic E-state index is 6.50. The first-order chi connectivity index (χ1) is 4.73. The predicted molar refractivity (Wildman–Crippen MR) is 60.5 cm³/mol. The van der Waals surface area contributed by atoms with Crippen LogP contribution in [0.4, 0.5) is 0 Å². The SMILES string of the molecule is CCC(C)[Si](C)(C)[Si](C)(C)Cl. The van der Waals surface area contributed by atoms with Crippen LogP contribution in [0, 0.1) is 0 Å². The molecule has 0 nitrogen and oxygen atoms in total. The highest BCUT2D eigenvalue weighted by Crippen LogP contribution is 2.34. The number of rotatable bonds is 3. The monoisotopic (exact) mass is 208 g/mol. The highest BCUT2D eigenvalue weighted by Gasteiger charge is 2.42. The lowest BCUT2D eigenvalue weighted by atomic mass is 10.4. The van der Waals surface area contributed by atoms with E-state index in [0.29, 0.717) is 0 Å². The third kappa shape index (κ3) is 2.60. The lowest BCUT2D eigenvalue weighted by Gasteiger charge is -2.37. The van der Waals surface area contributed by atoms with Gasteiger partial charge in [-0.15, -0.1) is 0 Å². The van der Waals surface area contributed by atoms with Crippen molar-refractivity contribution in [1.29, 1.82) is 0 Å². The van der Waals surface area contributed by atoms with Crippen molar-refractivity contribution in [2.45, 2.75) is 52.0 Å². The summed E-state index contributed by atoms with van der Waals surface area (Å²) in [5, 5.41) is 0. The van der Waals surface area contributed by atoms with E-state index in [4.69, 9.17) is 11.1 Å². The molecule has 0 saturated carbocycles. The molecule has 0 radical (unpaired) electrons. The van der Waals surface area contributed by atoms with Gasteiger partial charge in [-0.05, 0) is 5.54 Å². The van der Waals surface area contributed by atoms with E-state index < -0.39 is 14.5 Å². The van der Waals surface area contributed by atoms with Gasteiger partial charge < -0.3 is 0 Å². The summed E-state index contributed by atoms with van der Waals surface area (Å²) in [4.78, 5) is 0. The van der Waals surface area contributed by atoms with Crippen molar-refractivity contribution >= 4 is 25.6 Å². The second kappa shape index (κ2) is 3.63. The lowest BCUT2D eigenvalue weighted by Crippen LogP contribution is -2.53. The van der Waals surface area contributed by atoms with Gasteiger partial charge in [-0.3, -0.25) is 0 Å². The highest BCUT2D eigenvalue weighted by molar-refractivity contribution is 7.58. The Hall–Kier alpha value is 0.724. The van der Waals surface area contributed by atoms with Crippen molar-refractivity contribution in [2.75, 3.05) is 0 Å². The zero-order valence-electron chi connectivity index (χ0n) is 8.66. The molecule has 0 saturated heterocycles. The molecular formula is C8H21ClSi2. The molecule has 0 amide bonds. The van der Waals surface area contributed by atoms with Crippen LogP contribution < -0.4 is 0 Å². The topological polar surface area (TPSA) is 0 Å². The lowest BCUT2D eigenvalue weighted by molar-refractivity contribution is 0.851. The summed E-state index contributed by atoms with van der Waals surface area (Å²) in [5.41, 5.74) is 0.877. The average molecular weight is 209 g/mol. The van der Waals surface area contributed by atoms with Crippen LogP contribution in [0.1, 0.15) is 20.3 Å². The average Bonchev–Trinajstić information content (AvgIpc) is 1.83. The Labute approximate surface area is 77.9 Å². The van der Waals surface area contributed by atoms with Gasteiger partial charge in [-0.1, -0.05) is 46.5 Å². The van der Waals surface area contributed by atoms with E-state index in [1.165, 1.54) is 6.42 Å². The highest BCUT2D eigenvalue weighted by atomic mass is 35.6. The molecule has 0 spiro atoms. The minimum Gasteiger partial charge on any atom is -0.171 e. The molecule has 1 atom stereocenters. The quantitative estimate of drug-likeness (QED) is 0.486. The third-order valence-corrected chi connectivity index (χ3v) is 24.4. The van der Waals surface area contributed by atoms with Gasteiger partial charge in [-0.25, -0.2) is 0 Å². The molecule has 3 heteroatoms. The van der Waals surface area contributed by atoms with Crippen LogP contribution in [-0.2, 0) is 0 Å². The Morgan fingerprint density at radius 3 is 1.64 bits per heavy atom. The minimum absolute atomic E-state index is 0.877. The summed E-state index contributed by atoms with van der Waals surface area (Å²) in [7, 11) is -1.10. The van der Waals surface area contributed by atoms with Crippen LogP contribution in [0.3, 0.4) is 0 Å². The standard InChI is InChI=1S/C8H21ClSi2/c1-7-8(2)10(3,4)11(5,6)9/h8H,7H2,1-6H3. The molecule has 0 aromatic rings. The fraction of sp³-hybridized carbons (Fsp3) is 1.00. The van der Waals surface area contributed by atoms with Gasteiger partial charge in [0.2, 0.25) is 0 Å². The number of hydrogen-bond acceptors (Lipinski definition) is 0. The molecule has 11 heavy (non-hydrogen) atoms. The second-order valence-corrected chi connectivity index (χ2v) is 23.3. The van der Waals surface area contributed by atoms with E-state index in [-0.39, 0.29) is 0 Å². The van der Waals surface area contributed by atoms with Gasteiger partial charge in [0.25, 0.3) is 0 Å². The van der Waals surface area contributed by atoms with Crippen molar-refractivity contribution in [2.24, 2.45) is 0 Å². The molecule has 0 bridgehead atoms. The first kappa shape index (κ1) is 11.7. The van der Waals surface area contributed by atoms with Gasteiger partial charge >= 0.3 is 0 Å². The molecule has 0 heterocycles. The summed E-state index contributed by atoms with van der Waals surface area (Å²) in [6, 6.07) is 0. The predicted octanol–water partition coefficient (Wildman–Crippen LogP) is 4.02. The molecule has 0 rings (SSSR count). The molecule has 0 fully saturated rings. The summed E-state index contributed by atoms with van der Waals surface area (Å²) in [5.74, 6) is 0. The van der Waals surface area contributed by atoms with Crippen molar-refractivity contribution in [3.63, 3.8) is 0 Å². The summed E-state index contributed by atoms with van der Waals surface area (Å²) in [6.07, 6.45) is 1.29. The molecule has 1 unspecified atom stereocenters. The van der Waals surface area contributed by atoms with Crippen LogP contribution in [0.2, 0.25) is 31.7 Å². The van der Waals surface area contributed by atoms with Gasteiger partial charge in [0.1, 0.15) is 6.90 Å². The molecule has 0 N–H and O–H groups in total. The maximum Gasteiger partial charge on any atom is 0.141 e. The smallest absolute Gasteiger partial charge is 0.141 e. The Morgan fingerprint density at radius 1 is 1.18 bits per heavy atom. The minimum atomic E-state index is -1.36. The van der Waals surface area contributed by atoms with Crippen LogP contribution in [-0.4, -0.2) is 14.5 Å². The van der Waals surface area contributed by atoms with E-state index in [1.54, 1.807) is 0 Å². The van der Waals surface area contributed by atoms with Crippen LogP contribution in [0.25, 0.3) is 0 Å². The van der Waals surface area contributed by atoms with E-state index in [9.17, 15) is 0 Å². The van der Waals surface area contributed by atoms with Crippen LogP contribution in [0.5, 0.6) is 0 Å².